The van der Waals surface area contributed by atoms with Crippen LogP contribution in [0.5, 0.6) is 0 Å². The molecule has 0 spiro atoms. The maximum atomic E-state index is 9.19. The van der Waals surface area contributed by atoms with Crippen molar-refractivity contribution in [2.45, 2.75) is 71.5 Å². The SMILES string of the molecule is CCCCCCCCCC1OCC(C)(CO)CO1. The van der Waals surface area contributed by atoms with Crippen molar-refractivity contribution in [3.8, 4) is 0 Å². The van der Waals surface area contributed by atoms with E-state index in [0.717, 1.165) is 6.42 Å². The van der Waals surface area contributed by atoms with Gasteiger partial charge in [-0.15, -0.1) is 0 Å². The Labute approximate surface area is 112 Å². The number of hydrogen-bond acceptors (Lipinski definition) is 3. The molecular formula is C15H30O3. The van der Waals surface area contributed by atoms with Gasteiger partial charge in [-0.2, -0.15) is 0 Å². The largest absolute Gasteiger partial charge is 0.396 e. The van der Waals surface area contributed by atoms with Gasteiger partial charge < -0.3 is 14.6 Å². The summed E-state index contributed by atoms with van der Waals surface area (Å²) in [6.45, 7) is 5.61. The summed E-state index contributed by atoms with van der Waals surface area (Å²) in [5.41, 5.74) is -0.198. The first kappa shape index (κ1) is 15.9. The van der Waals surface area contributed by atoms with Crippen molar-refractivity contribution in [2.75, 3.05) is 19.8 Å². The molecule has 3 nitrogen and oxygen atoms in total. The molecule has 1 heterocycles. The van der Waals surface area contributed by atoms with Crippen LogP contribution in [0.4, 0.5) is 0 Å². The molecule has 0 aromatic heterocycles. The van der Waals surface area contributed by atoms with Crippen LogP contribution in [-0.2, 0) is 9.47 Å². The lowest BCUT2D eigenvalue weighted by Crippen LogP contribution is -2.42. The van der Waals surface area contributed by atoms with Gasteiger partial charge >= 0.3 is 0 Å². The zero-order valence-electron chi connectivity index (χ0n) is 12.1. The Balaban J connectivity index is 1.95. The fourth-order valence-corrected chi connectivity index (χ4v) is 2.20. The molecule has 0 aromatic rings. The first-order valence-corrected chi connectivity index (χ1v) is 7.54. The Morgan fingerprint density at radius 2 is 1.56 bits per heavy atom. The second-order valence-corrected chi connectivity index (χ2v) is 5.93. The number of rotatable bonds is 9. The van der Waals surface area contributed by atoms with Crippen molar-refractivity contribution >= 4 is 0 Å². The van der Waals surface area contributed by atoms with Crippen LogP contribution < -0.4 is 0 Å². The molecule has 0 bridgehead atoms. The monoisotopic (exact) mass is 258 g/mol. The Morgan fingerprint density at radius 3 is 2.11 bits per heavy atom. The average Bonchev–Trinajstić information content (AvgIpc) is 2.40. The molecule has 0 radical (unpaired) electrons. The van der Waals surface area contributed by atoms with Crippen LogP contribution in [0.25, 0.3) is 0 Å². The van der Waals surface area contributed by atoms with Gasteiger partial charge in [0.05, 0.1) is 19.8 Å². The normalized spacial score (nSPS) is 28.5. The lowest BCUT2D eigenvalue weighted by molar-refractivity contribution is -0.234. The van der Waals surface area contributed by atoms with E-state index in [2.05, 4.69) is 6.92 Å². The third-order valence-corrected chi connectivity index (χ3v) is 3.66. The molecule has 1 saturated heterocycles. The molecule has 18 heavy (non-hydrogen) atoms. The summed E-state index contributed by atoms with van der Waals surface area (Å²) in [6.07, 6.45) is 10.2. The first-order valence-electron chi connectivity index (χ1n) is 7.54. The predicted molar refractivity (Wildman–Crippen MR) is 73.5 cm³/mol. The van der Waals surface area contributed by atoms with E-state index in [1.165, 1.54) is 44.9 Å². The highest BCUT2D eigenvalue weighted by atomic mass is 16.7. The van der Waals surface area contributed by atoms with Gasteiger partial charge in [0.15, 0.2) is 6.29 Å². The molecule has 1 N–H and O–H groups in total. The van der Waals surface area contributed by atoms with Crippen LogP contribution in [0.2, 0.25) is 0 Å². The lowest BCUT2D eigenvalue weighted by atomic mass is 9.93. The van der Waals surface area contributed by atoms with Gasteiger partial charge in [-0.3, -0.25) is 0 Å². The fourth-order valence-electron chi connectivity index (χ4n) is 2.20. The van der Waals surface area contributed by atoms with Crippen LogP contribution in [-0.4, -0.2) is 31.2 Å². The van der Waals surface area contributed by atoms with Crippen LogP contribution in [0, 0.1) is 5.41 Å². The summed E-state index contributed by atoms with van der Waals surface area (Å²) in [4.78, 5) is 0. The maximum absolute atomic E-state index is 9.19. The van der Waals surface area contributed by atoms with Crippen LogP contribution >= 0.6 is 0 Å². The molecule has 1 aliphatic rings. The van der Waals surface area contributed by atoms with E-state index in [4.69, 9.17) is 9.47 Å². The Bertz CT molecular complexity index is 198. The Morgan fingerprint density at radius 1 is 1.00 bits per heavy atom. The third kappa shape index (κ3) is 6.17. The van der Waals surface area contributed by atoms with Gasteiger partial charge in [-0.25, -0.2) is 0 Å². The van der Waals surface area contributed by atoms with Gasteiger partial charge in [0.25, 0.3) is 0 Å². The molecular weight excluding hydrogens is 228 g/mol. The van der Waals surface area contributed by atoms with E-state index in [1.54, 1.807) is 0 Å². The predicted octanol–water partition coefficient (Wildman–Crippen LogP) is 3.50. The molecule has 0 aliphatic carbocycles. The second-order valence-electron chi connectivity index (χ2n) is 5.93. The first-order chi connectivity index (χ1) is 8.70. The summed E-state index contributed by atoms with van der Waals surface area (Å²) in [6, 6.07) is 0. The average molecular weight is 258 g/mol. The minimum absolute atomic E-state index is 0.0414. The van der Waals surface area contributed by atoms with Crippen molar-refractivity contribution in [3.05, 3.63) is 0 Å². The van der Waals surface area contributed by atoms with Crippen LogP contribution in [0.15, 0.2) is 0 Å². The zero-order chi connectivity index (χ0) is 13.3. The minimum atomic E-state index is -0.198. The minimum Gasteiger partial charge on any atom is -0.396 e. The Kier molecular flexibility index (Phi) is 7.87. The molecule has 1 rings (SSSR count). The second kappa shape index (κ2) is 8.89. The van der Waals surface area contributed by atoms with E-state index in [-0.39, 0.29) is 18.3 Å². The third-order valence-electron chi connectivity index (χ3n) is 3.66. The van der Waals surface area contributed by atoms with Gasteiger partial charge in [0.2, 0.25) is 0 Å². The van der Waals surface area contributed by atoms with Crippen molar-refractivity contribution in [2.24, 2.45) is 5.41 Å². The summed E-state index contributed by atoms with van der Waals surface area (Å²) < 4.78 is 11.3. The van der Waals surface area contributed by atoms with Crippen molar-refractivity contribution in [3.63, 3.8) is 0 Å². The van der Waals surface area contributed by atoms with E-state index < -0.39 is 0 Å². The summed E-state index contributed by atoms with van der Waals surface area (Å²) in [5, 5.41) is 9.19. The highest BCUT2D eigenvalue weighted by Crippen LogP contribution is 2.25. The smallest absolute Gasteiger partial charge is 0.157 e. The Hall–Kier alpha value is -0.120. The molecule has 0 saturated carbocycles. The fraction of sp³-hybridized carbons (Fsp3) is 1.00. The molecule has 1 aliphatic heterocycles. The molecule has 0 amide bonds. The van der Waals surface area contributed by atoms with E-state index in [9.17, 15) is 5.11 Å². The highest BCUT2D eigenvalue weighted by molar-refractivity contribution is 4.75. The molecule has 108 valence electrons. The topological polar surface area (TPSA) is 38.7 Å². The van der Waals surface area contributed by atoms with Crippen molar-refractivity contribution in [1.82, 2.24) is 0 Å². The zero-order valence-corrected chi connectivity index (χ0v) is 12.1. The van der Waals surface area contributed by atoms with E-state index >= 15 is 0 Å². The van der Waals surface area contributed by atoms with E-state index in [1.807, 2.05) is 6.92 Å². The van der Waals surface area contributed by atoms with Crippen molar-refractivity contribution in [1.29, 1.82) is 0 Å². The number of ether oxygens (including phenoxy) is 2. The molecule has 3 heteroatoms. The van der Waals surface area contributed by atoms with Crippen molar-refractivity contribution < 1.29 is 14.6 Å². The summed E-state index contributed by atoms with van der Waals surface area (Å²) in [5.74, 6) is 0. The van der Waals surface area contributed by atoms with Gasteiger partial charge in [-0.05, 0) is 12.8 Å². The van der Waals surface area contributed by atoms with Gasteiger partial charge in [0, 0.05) is 5.41 Å². The van der Waals surface area contributed by atoms with Crippen LogP contribution in [0.1, 0.15) is 65.2 Å². The number of unbranched alkanes of at least 4 members (excludes halogenated alkanes) is 6. The van der Waals surface area contributed by atoms with Gasteiger partial charge in [-0.1, -0.05) is 52.4 Å². The number of aliphatic hydroxyl groups is 1. The summed E-state index contributed by atoms with van der Waals surface area (Å²) in [7, 11) is 0. The van der Waals surface area contributed by atoms with E-state index in [0.29, 0.717) is 13.2 Å². The molecule has 0 atom stereocenters. The maximum Gasteiger partial charge on any atom is 0.157 e. The standard InChI is InChI=1S/C15H30O3/c1-3-4-5-6-7-8-9-10-14-17-12-15(2,11-16)13-18-14/h14,16H,3-13H2,1-2H3. The number of hydrogen-bond donors (Lipinski definition) is 1. The number of aliphatic hydroxyl groups excluding tert-OH is 1. The quantitative estimate of drug-likeness (QED) is 0.643. The molecule has 0 aromatic carbocycles. The molecule has 1 fully saturated rings. The highest BCUT2D eigenvalue weighted by Gasteiger charge is 2.31. The lowest BCUT2D eigenvalue weighted by Gasteiger charge is -2.36. The van der Waals surface area contributed by atoms with Gasteiger partial charge in [0.1, 0.15) is 0 Å². The molecule has 0 unspecified atom stereocenters. The van der Waals surface area contributed by atoms with Crippen LogP contribution in [0.3, 0.4) is 0 Å². The summed E-state index contributed by atoms with van der Waals surface area (Å²) >= 11 is 0.